The molecule has 1 saturated heterocycles. The van der Waals surface area contributed by atoms with Gasteiger partial charge in [0.1, 0.15) is 0 Å². The number of hydrogen-bond acceptors (Lipinski definition) is 5. The summed E-state index contributed by atoms with van der Waals surface area (Å²) < 4.78 is 27.9. The standard InChI is InChI=1S/C31H33Cl2N3O5S/c1-30(18-28(37)38)16-26(20-5-4-6-24(33)15-20)27(35-29(30)39)17-31(21-8-9-21,22-10-12-23(32)13-11-22)36(42(40)41)19-25-7-2-3-14-34-25/h2-7,10-15,21,26-27,42H,8-9,16-19H2,1H3,(H,35,39)(H,37,38). The summed E-state index contributed by atoms with van der Waals surface area (Å²) in [6.07, 6.45) is 3.45. The smallest absolute Gasteiger partial charge is 0.304 e. The minimum atomic E-state index is -3.09. The molecule has 42 heavy (non-hydrogen) atoms. The highest BCUT2D eigenvalue weighted by atomic mass is 35.5. The van der Waals surface area contributed by atoms with E-state index in [1.165, 1.54) is 4.31 Å². The van der Waals surface area contributed by atoms with Gasteiger partial charge in [-0.25, -0.2) is 8.42 Å². The van der Waals surface area contributed by atoms with Crippen LogP contribution in [-0.4, -0.2) is 40.7 Å². The number of rotatable bonds is 11. The number of carbonyl (C=O) groups excluding carboxylic acids is 1. The molecule has 3 aromatic rings. The van der Waals surface area contributed by atoms with Gasteiger partial charge >= 0.3 is 5.97 Å². The van der Waals surface area contributed by atoms with Crippen LogP contribution in [0.25, 0.3) is 0 Å². The third-order valence-electron chi connectivity index (χ3n) is 8.66. The molecule has 1 aliphatic heterocycles. The number of carboxylic acid groups (broad SMARTS) is 1. The summed E-state index contributed by atoms with van der Waals surface area (Å²) >= 11 is 12.7. The second-order valence-corrected chi connectivity index (χ2v) is 13.4. The first-order valence-electron chi connectivity index (χ1n) is 13.9. The fraction of sp³-hybridized carbons (Fsp3) is 0.387. The fourth-order valence-corrected chi connectivity index (χ4v) is 7.78. The molecule has 1 aliphatic carbocycles. The Morgan fingerprint density at radius 3 is 2.43 bits per heavy atom. The lowest BCUT2D eigenvalue weighted by molar-refractivity contribution is -0.147. The SMILES string of the molecule is CC1(CC(=O)O)CC(c2cccc(Cl)c2)C(CC(c2ccc(Cl)cc2)(C2CC2)N(Cc2ccccn2)[SH](=O)=O)NC1=O. The van der Waals surface area contributed by atoms with Crippen LogP contribution in [0.1, 0.15) is 61.8 Å². The van der Waals surface area contributed by atoms with Gasteiger partial charge in [-0.15, -0.1) is 0 Å². The fourth-order valence-electron chi connectivity index (χ4n) is 6.54. The quantitative estimate of drug-likeness (QED) is 0.239. The van der Waals surface area contributed by atoms with Crippen LogP contribution in [0.4, 0.5) is 0 Å². The Balaban J connectivity index is 1.65. The molecule has 8 nitrogen and oxygen atoms in total. The molecule has 2 aromatic carbocycles. The van der Waals surface area contributed by atoms with Crippen LogP contribution in [0, 0.1) is 11.3 Å². The Kier molecular flexibility index (Phi) is 8.94. The monoisotopic (exact) mass is 629 g/mol. The molecule has 1 amide bonds. The Labute approximate surface area is 257 Å². The number of nitrogens with zero attached hydrogens (tertiary/aromatic N) is 2. The van der Waals surface area contributed by atoms with Gasteiger partial charge in [0.15, 0.2) is 0 Å². The maximum absolute atomic E-state index is 13.6. The molecule has 1 saturated carbocycles. The summed E-state index contributed by atoms with van der Waals surface area (Å²) in [5.41, 5.74) is 0.0564. The van der Waals surface area contributed by atoms with Crippen molar-refractivity contribution < 1.29 is 23.1 Å². The Hall–Kier alpha value is -2.98. The minimum Gasteiger partial charge on any atom is -0.481 e. The van der Waals surface area contributed by atoms with E-state index in [1.807, 2.05) is 36.4 Å². The van der Waals surface area contributed by atoms with Crippen LogP contribution in [-0.2, 0) is 32.6 Å². The molecule has 222 valence electrons. The zero-order valence-electron chi connectivity index (χ0n) is 23.1. The number of benzene rings is 2. The van der Waals surface area contributed by atoms with Crippen molar-refractivity contribution in [3.8, 4) is 0 Å². The number of aliphatic carboxylic acids is 1. The number of nitrogens with one attached hydrogen (secondary N) is 1. The van der Waals surface area contributed by atoms with Crippen molar-refractivity contribution in [1.82, 2.24) is 14.6 Å². The van der Waals surface area contributed by atoms with E-state index in [4.69, 9.17) is 23.2 Å². The first kappa shape index (κ1) is 30.5. The van der Waals surface area contributed by atoms with Crippen molar-refractivity contribution in [2.45, 2.75) is 63.1 Å². The lowest BCUT2D eigenvalue weighted by Crippen LogP contribution is -2.58. The number of piperidine rings is 1. The van der Waals surface area contributed by atoms with Crippen LogP contribution in [0.15, 0.2) is 72.9 Å². The number of thiol groups is 1. The predicted molar refractivity (Wildman–Crippen MR) is 162 cm³/mol. The molecule has 2 aliphatic rings. The van der Waals surface area contributed by atoms with E-state index in [-0.39, 0.29) is 43.6 Å². The van der Waals surface area contributed by atoms with Crippen LogP contribution in [0.5, 0.6) is 0 Å². The topological polar surface area (TPSA) is 117 Å². The van der Waals surface area contributed by atoms with Gasteiger partial charge in [0.25, 0.3) is 0 Å². The molecular formula is C31H33Cl2N3O5S. The molecule has 2 fully saturated rings. The van der Waals surface area contributed by atoms with Crippen molar-refractivity contribution in [2.24, 2.45) is 11.3 Å². The summed E-state index contributed by atoms with van der Waals surface area (Å²) in [4.78, 5) is 29.8. The summed E-state index contributed by atoms with van der Waals surface area (Å²) in [6.45, 7) is 1.72. The van der Waals surface area contributed by atoms with Gasteiger partial charge in [0.05, 0.1) is 29.6 Å². The molecule has 4 atom stereocenters. The maximum atomic E-state index is 13.6. The second kappa shape index (κ2) is 12.3. The summed E-state index contributed by atoms with van der Waals surface area (Å²) in [7, 11) is -3.09. The largest absolute Gasteiger partial charge is 0.481 e. The molecule has 1 aromatic heterocycles. The Bertz CT molecular complexity index is 1530. The number of carboxylic acids is 1. The van der Waals surface area contributed by atoms with E-state index in [2.05, 4.69) is 10.3 Å². The van der Waals surface area contributed by atoms with Crippen LogP contribution >= 0.6 is 23.2 Å². The molecule has 5 rings (SSSR count). The third-order valence-corrected chi connectivity index (χ3v) is 10.0. The van der Waals surface area contributed by atoms with Crippen molar-refractivity contribution in [3.05, 3.63) is 99.8 Å². The van der Waals surface area contributed by atoms with Crippen molar-refractivity contribution in [1.29, 1.82) is 0 Å². The first-order chi connectivity index (χ1) is 20.0. The zero-order valence-corrected chi connectivity index (χ0v) is 25.5. The van der Waals surface area contributed by atoms with Gasteiger partial charge < -0.3 is 10.4 Å². The number of halogens is 2. The predicted octanol–water partition coefficient (Wildman–Crippen LogP) is 5.57. The van der Waals surface area contributed by atoms with Crippen molar-refractivity contribution in [3.63, 3.8) is 0 Å². The average molecular weight is 631 g/mol. The van der Waals surface area contributed by atoms with E-state index in [0.29, 0.717) is 15.7 Å². The van der Waals surface area contributed by atoms with E-state index in [0.717, 1.165) is 24.0 Å². The van der Waals surface area contributed by atoms with E-state index >= 15 is 0 Å². The Morgan fingerprint density at radius 2 is 1.83 bits per heavy atom. The van der Waals surface area contributed by atoms with Crippen LogP contribution in [0.3, 0.4) is 0 Å². The molecular weight excluding hydrogens is 597 g/mol. The lowest BCUT2D eigenvalue weighted by Gasteiger charge is -2.48. The number of aromatic nitrogens is 1. The summed E-state index contributed by atoms with van der Waals surface area (Å²) in [6, 6.07) is 19.4. The number of amides is 1. The highest BCUT2D eigenvalue weighted by Gasteiger charge is 2.56. The minimum absolute atomic E-state index is 0.0143. The summed E-state index contributed by atoms with van der Waals surface area (Å²) in [5, 5.41) is 13.8. The van der Waals surface area contributed by atoms with Gasteiger partial charge in [-0.1, -0.05) is 60.5 Å². The number of hydrogen-bond donors (Lipinski definition) is 3. The maximum Gasteiger partial charge on any atom is 0.304 e. The molecule has 0 bridgehead atoms. The van der Waals surface area contributed by atoms with Crippen molar-refractivity contribution in [2.75, 3.05) is 0 Å². The highest BCUT2D eigenvalue weighted by Crippen LogP contribution is 2.55. The molecule has 2 heterocycles. The molecule has 11 heteroatoms. The van der Waals surface area contributed by atoms with E-state index < -0.39 is 33.9 Å². The number of pyridine rings is 1. The zero-order chi connectivity index (χ0) is 30.1. The number of carbonyl (C=O) groups is 2. The molecule has 2 N–H and O–H groups in total. The van der Waals surface area contributed by atoms with E-state index in [9.17, 15) is 23.1 Å². The lowest BCUT2D eigenvalue weighted by atomic mass is 9.66. The van der Waals surface area contributed by atoms with Gasteiger partial charge in [-0.2, -0.15) is 4.31 Å². The van der Waals surface area contributed by atoms with Gasteiger partial charge in [-0.05, 0) is 79.1 Å². The van der Waals surface area contributed by atoms with Crippen LogP contribution < -0.4 is 5.32 Å². The molecule has 4 unspecified atom stereocenters. The molecule has 0 spiro atoms. The highest BCUT2D eigenvalue weighted by molar-refractivity contribution is 7.69. The normalized spacial score (nSPS) is 23.9. The van der Waals surface area contributed by atoms with Crippen molar-refractivity contribution >= 4 is 46.0 Å². The van der Waals surface area contributed by atoms with Gasteiger partial charge in [0.2, 0.25) is 16.8 Å². The van der Waals surface area contributed by atoms with Gasteiger partial charge in [-0.3, -0.25) is 14.6 Å². The first-order valence-corrected chi connectivity index (χ1v) is 15.8. The average Bonchev–Trinajstić information content (AvgIpc) is 3.79. The van der Waals surface area contributed by atoms with E-state index in [1.54, 1.807) is 43.5 Å². The summed E-state index contributed by atoms with van der Waals surface area (Å²) in [5.74, 6) is -1.76. The van der Waals surface area contributed by atoms with Gasteiger partial charge in [0, 0.05) is 28.2 Å². The van der Waals surface area contributed by atoms with Crippen LogP contribution in [0.2, 0.25) is 10.0 Å². The third kappa shape index (κ3) is 6.34. The second-order valence-electron chi connectivity index (χ2n) is 11.6. The molecule has 0 radical (unpaired) electrons. The Morgan fingerprint density at radius 1 is 1.10 bits per heavy atom.